The number of cyclic esters (lactones) is 1. The molecule has 0 aliphatic carbocycles. The van der Waals surface area contributed by atoms with Gasteiger partial charge in [0, 0.05) is 26.0 Å². The van der Waals surface area contributed by atoms with Crippen molar-refractivity contribution in [1.29, 1.82) is 0 Å². The van der Waals surface area contributed by atoms with Crippen LogP contribution in [-0.4, -0.2) is 172 Å². The molecule has 1 aliphatic heterocycles. The van der Waals surface area contributed by atoms with Crippen molar-refractivity contribution in [2.45, 2.75) is 211 Å². The first-order chi connectivity index (χ1) is 38.6. The number of aliphatic imine (C=N–C) groups is 1. The summed E-state index contributed by atoms with van der Waals surface area (Å²) >= 11 is 0. The first kappa shape index (κ1) is 72.3. The molecule has 30 heteroatoms. The molecule has 1 rings (SSSR count). The van der Waals surface area contributed by atoms with Gasteiger partial charge in [-0.2, -0.15) is 0 Å². The third-order valence-electron chi connectivity index (χ3n) is 12.7. The molecule has 82 heavy (non-hydrogen) atoms. The van der Waals surface area contributed by atoms with Crippen molar-refractivity contribution in [2.75, 3.05) is 13.2 Å². The summed E-state index contributed by atoms with van der Waals surface area (Å²) in [5.74, 6) is -13.2. The van der Waals surface area contributed by atoms with Crippen molar-refractivity contribution >= 4 is 76.9 Å². The van der Waals surface area contributed by atoms with Crippen molar-refractivity contribution in [3.05, 3.63) is 24.0 Å². The molecule has 0 aromatic heterocycles. The van der Waals surface area contributed by atoms with E-state index in [4.69, 9.17) is 21.9 Å². The zero-order valence-electron chi connectivity index (χ0n) is 48.0. The van der Waals surface area contributed by atoms with Gasteiger partial charge in [-0.1, -0.05) is 70.9 Å². The number of nitrogens with one attached hydrogen (secondary N) is 10. The summed E-state index contributed by atoms with van der Waals surface area (Å²) in [6.45, 7) is 12.0. The predicted octanol–water partition coefficient (Wildman–Crippen LogP) is -4.12. The molecule has 462 valence electrons. The number of amides is 11. The normalized spacial score (nSPS) is 25.1. The number of carbonyl (C=O) groups excluding carboxylic acids is 12. The molecule has 1 saturated heterocycles. The van der Waals surface area contributed by atoms with Gasteiger partial charge in [0.15, 0.2) is 5.96 Å². The van der Waals surface area contributed by atoms with Gasteiger partial charge in [-0.15, -0.1) is 0 Å². The highest BCUT2D eigenvalue weighted by atomic mass is 16.5. The minimum Gasteiger partial charge on any atom is -0.458 e. The number of hydrogen-bond acceptors (Lipinski definition) is 17. The van der Waals surface area contributed by atoms with Gasteiger partial charge in [-0.05, 0) is 73.6 Å². The average Bonchev–Trinajstić information content (AvgIpc) is 3.48. The summed E-state index contributed by atoms with van der Waals surface area (Å²) in [5.41, 5.74) is 15.1. The summed E-state index contributed by atoms with van der Waals surface area (Å²) in [6.07, 6.45) is 2.80. The molecule has 0 bridgehead atoms. The van der Waals surface area contributed by atoms with Crippen LogP contribution in [0.25, 0.3) is 0 Å². The van der Waals surface area contributed by atoms with Crippen LogP contribution < -0.4 is 70.4 Å². The lowest BCUT2D eigenvalue weighted by Crippen LogP contribution is -2.61. The van der Waals surface area contributed by atoms with Gasteiger partial charge < -0.3 is 90.4 Å². The van der Waals surface area contributed by atoms with Crippen LogP contribution in [0.2, 0.25) is 0 Å². The fraction of sp³-hybridized carbons (Fsp3) is 0.673. The van der Waals surface area contributed by atoms with Crippen molar-refractivity contribution in [3.8, 4) is 0 Å². The second-order valence-corrected chi connectivity index (χ2v) is 19.9. The minimum absolute atomic E-state index is 0.0143. The number of nitrogens with zero attached hydrogens (tertiary/aromatic N) is 1. The number of rotatable bonds is 22. The summed E-state index contributed by atoms with van der Waals surface area (Å²) in [7, 11) is 0. The molecule has 0 radical (unpaired) electrons. The second kappa shape index (κ2) is 38.1. The zero-order valence-corrected chi connectivity index (χ0v) is 48.0. The van der Waals surface area contributed by atoms with E-state index in [-0.39, 0.29) is 31.8 Å². The lowest BCUT2D eigenvalue weighted by molar-refractivity contribution is -0.156. The SMILES string of the molecule is C=C1NC(=O)[C@H](C)NC(=O)/C(=C/C)NC(=O)[C@H](CCO)NC(=O)[C@H](CCC(N)=O)NC(=O)[C@H]([C@@H](C)O)NC(=O)[C@H](C)NC(=O)[C@@H](NC(=O)CCCCCCCCCCC)[C@@H](C)OC(=O)[C@H](CCCN=C(N)N)NC(=O)[C@H]([C@@H](C)O)NC1=O. The van der Waals surface area contributed by atoms with E-state index in [0.717, 1.165) is 64.9 Å². The van der Waals surface area contributed by atoms with E-state index >= 15 is 0 Å². The van der Waals surface area contributed by atoms with E-state index in [1.807, 2.05) is 0 Å². The smallest absolute Gasteiger partial charge is 0.328 e. The Balaban J connectivity index is 3.90. The Hall–Kier alpha value is -7.73. The highest BCUT2D eigenvalue weighted by molar-refractivity contribution is 6.04. The number of aliphatic hydroxyl groups excluding tert-OH is 3. The number of nitrogens with two attached hydrogens (primary N) is 3. The Bertz CT molecular complexity index is 2290. The molecule has 19 N–H and O–H groups in total. The van der Waals surface area contributed by atoms with Crippen LogP contribution in [0.15, 0.2) is 29.0 Å². The van der Waals surface area contributed by atoms with Crippen LogP contribution in [-0.2, 0) is 62.3 Å². The first-order valence-electron chi connectivity index (χ1n) is 27.5. The van der Waals surface area contributed by atoms with Crippen molar-refractivity contribution in [2.24, 2.45) is 22.2 Å². The minimum atomic E-state index is -1.87. The number of unbranched alkanes of at least 4 members (excludes halogenated alkanes) is 8. The van der Waals surface area contributed by atoms with E-state index in [9.17, 15) is 72.9 Å². The molecule has 0 spiro atoms. The predicted molar refractivity (Wildman–Crippen MR) is 297 cm³/mol. The molecule has 0 aromatic carbocycles. The Morgan fingerprint density at radius 3 is 1.71 bits per heavy atom. The van der Waals surface area contributed by atoms with Crippen molar-refractivity contribution < 1.29 is 77.6 Å². The third-order valence-corrected chi connectivity index (χ3v) is 12.7. The fourth-order valence-corrected chi connectivity index (χ4v) is 7.89. The number of primary amides is 1. The number of ether oxygens (including phenoxy) is 1. The quantitative estimate of drug-likeness (QED) is 0.0161. The zero-order chi connectivity index (χ0) is 62.2. The number of guanidine groups is 1. The molecule has 30 nitrogen and oxygen atoms in total. The van der Waals surface area contributed by atoms with E-state index in [1.165, 1.54) is 27.7 Å². The topological polar surface area (TPSA) is 485 Å². The van der Waals surface area contributed by atoms with E-state index in [0.29, 0.717) is 12.8 Å². The summed E-state index contributed by atoms with van der Waals surface area (Å²) < 4.78 is 5.71. The van der Waals surface area contributed by atoms with Crippen LogP contribution in [0, 0.1) is 0 Å². The van der Waals surface area contributed by atoms with Gasteiger partial charge in [-0.3, -0.25) is 57.7 Å². The van der Waals surface area contributed by atoms with Crippen LogP contribution in [0.3, 0.4) is 0 Å². The van der Waals surface area contributed by atoms with Gasteiger partial charge >= 0.3 is 5.97 Å². The highest BCUT2D eigenvalue weighted by Gasteiger charge is 2.38. The molecule has 0 unspecified atom stereocenters. The molecule has 0 aromatic rings. The van der Waals surface area contributed by atoms with Gasteiger partial charge in [0.1, 0.15) is 60.1 Å². The Morgan fingerprint density at radius 2 is 1.16 bits per heavy atom. The number of hydrogen-bond donors (Lipinski definition) is 16. The standard InChI is InChI=1S/C52H88N14O16/c1-9-11-12-13-14-15-16-17-18-21-38(71)64-41-32(8)82-51(81)36(20-19-25-56-52(54)55)63-49(79)40(31(7)69)66-43(73)28(4)57-42(72)27(3)58-45(75)33(10-2)60-47(77)35(24-26-67)61-46(76)34(22-23-37(53)70)62-48(78)39(30(6)68)65-44(74)29(5)59-50(41)80/h10,27,29-32,34-36,39-41,67-69H,4,9,11-26H2,1-3,5-8H3,(H2,53,70)(H,57,72)(H,58,75)(H,59,80)(H,60,77)(H,61,76)(H,62,78)(H,63,79)(H,64,71)(H,65,74)(H,66,73)(H4,54,55,56)/b33-10-/t27-,29-,30+,31+,32+,34-,35-,36-,39-,40-,41-/m0/s1. The summed E-state index contributed by atoms with van der Waals surface area (Å²) in [6, 6.07) is -13.5. The molecule has 11 amide bonds. The lowest BCUT2D eigenvalue weighted by atomic mass is 10.1. The fourth-order valence-electron chi connectivity index (χ4n) is 7.89. The number of carbonyl (C=O) groups is 12. The Morgan fingerprint density at radius 1 is 0.622 bits per heavy atom. The maximum absolute atomic E-state index is 14.2. The van der Waals surface area contributed by atoms with Gasteiger partial charge in [0.2, 0.25) is 53.2 Å². The largest absolute Gasteiger partial charge is 0.458 e. The Labute approximate surface area is 477 Å². The monoisotopic (exact) mass is 1160 g/mol. The van der Waals surface area contributed by atoms with Crippen LogP contribution in [0.1, 0.15) is 145 Å². The maximum atomic E-state index is 14.2. The lowest BCUT2D eigenvalue weighted by Gasteiger charge is -2.29. The van der Waals surface area contributed by atoms with Crippen molar-refractivity contribution in [1.82, 2.24) is 53.2 Å². The molecular formula is C52H88N14O16. The van der Waals surface area contributed by atoms with Crippen LogP contribution in [0.5, 0.6) is 0 Å². The number of esters is 1. The first-order valence-corrected chi connectivity index (χ1v) is 27.5. The number of aliphatic hydroxyl groups is 3. The third kappa shape index (κ3) is 27.2. The average molecular weight is 1170 g/mol. The molecule has 1 heterocycles. The second-order valence-electron chi connectivity index (χ2n) is 19.9. The van der Waals surface area contributed by atoms with Gasteiger partial charge in [-0.25, -0.2) is 4.79 Å². The van der Waals surface area contributed by atoms with Crippen molar-refractivity contribution in [3.63, 3.8) is 0 Å². The molecular weight excluding hydrogens is 1080 g/mol. The maximum Gasteiger partial charge on any atom is 0.328 e. The Kier molecular flexibility index (Phi) is 33.6. The summed E-state index contributed by atoms with van der Waals surface area (Å²) in [5, 5.41) is 54.4. The van der Waals surface area contributed by atoms with Gasteiger partial charge in [0.25, 0.3) is 11.8 Å². The van der Waals surface area contributed by atoms with Gasteiger partial charge in [0.05, 0.1) is 17.9 Å². The van der Waals surface area contributed by atoms with E-state index in [2.05, 4.69) is 71.7 Å². The molecule has 11 atom stereocenters. The van der Waals surface area contributed by atoms with Crippen LogP contribution in [0.4, 0.5) is 0 Å². The molecule has 1 fully saturated rings. The van der Waals surface area contributed by atoms with Crippen LogP contribution >= 0.6 is 0 Å². The highest BCUT2D eigenvalue weighted by Crippen LogP contribution is 2.13. The van der Waals surface area contributed by atoms with E-state index in [1.54, 1.807) is 0 Å². The number of allylic oxidation sites excluding steroid dienone is 1. The molecule has 0 saturated carbocycles. The summed E-state index contributed by atoms with van der Waals surface area (Å²) in [4.78, 5) is 166. The molecule has 1 aliphatic rings. The van der Waals surface area contributed by atoms with E-state index < -0.39 is 175 Å².